The second kappa shape index (κ2) is 11.1. The van der Waals surface area contributed by atoms with Crippen molar-refractivity contribution in [3.8, 4) is 0 Å². The molecule has 1 aliphatic rings. The van der Waals surface area contributed by atoms with E-state index in [4.69, 9.17) is 0 Å². The summed E-state index contributed by atoms with van der Waals surface area (Å²) in [5, 5.41) is 0. The lowest BCUT2D eigenvalue weighted by molar-refractivity contribution is 0.412. The van der Waals surface area contributed by atoms with Gasteiger partial charge in [-0.25, -0.2) is 21.6 Å². The summed E-state index contributed by atoms with van der Waals surface area (Å²) in [6.45, 7) is 5.26. The summed E-state index contributed by atoms with van der Waals surface area (Å²) in [4.78, 5) is 0.344. The number of sulfonamides is 1. The van der Waals surface area contributed by atoms with E-state index >= 15 is 0 Å². The molecule has 2 rings (SSSR count). The van der Waals surface area contributed by atoms with E-state index in [0.717, 1.165) is 69.8 Å². The van der Waals surface area contributed by atoms with Crippen LogP contribution < -0.4 is 4.72 Å². The second-order valence-electron chi connectivity index (χ2n) is 9.55. The number of aryl methyl sites for hydroxylation is 1. The first-order valence-electron chi connectivity index (χ1n) is 11.3. The van der Waals surface area contributed by atoms with E-state index in [-0.39, 0.29) is 11.8 Å². The smallest absolute Gasteiger partial charge is 0.228 e. The van der Waals surface area contributed by atoms with Crippen molar-refractivity contribution >= 4 is 19.9 Å². The molecule has 0 amide bonds. The molecule has 7 heteroatoms. The summed E-state index contributed by atoms with van der Waals surface area (Å²) >= 11 is 0. The molecule has 5 nitrogen and oxygen atoms in total. The topological polar surface area (TPSA) is 80.3 Å². The molecule has 30 heavy (non-hydrogen) atoms. The number of benzene rings is 1. The number of sulfone groups is 1. The van der Waals surface area contributed by atoms with E-state index in [1.54, 1.807) is 32.9 Å². The van der Waals surface area contributed by atoms with E-state index in [0.29, 0.717) is 4.90 Å². The Balaban J connectivity index is 1.68. The monoisotopic (exact) mass is 457 g/mol. The van der Waals surface area contributed by atoms with Crippen LogP contribution in [0.4, 0.5) is 0 Å². The quantitative estimate of drug-likeness (QED) is 0.474. The first-order chi connectivity index (χ1) is 14.0. The van der Waals surface area contributed by atoms with Crippen molar-refractivity contribution in [1.82, 2.24) is 4.72 Å². The average Bonchev–Trinajstić information content (AvgIpc) is 2.67. The number of unbranched alkanes of at least 4 members (excludes halogenated alkanes) is 4. The number of hydrogen-bond donors (Lipinski definition) is 1. The Morgan fingerprint density at radius 2 is 1.40 bits per heavy atom. The minimum atomic E-state index is -3.43. The largest absolute Gasteiger partial charge is 0.240 e. The first kappa shape index (κ1) is 25.3. The predicted molar refractivity (Wildman–Crippen MR) is 124 cm³/mol. The minimum absolute atomic E-state index is 0.0711. The Labute approximate surface area is 184 Å². The fraction of sp³-hybridized carbons (Fsp3) is 0.739. The summed E-state index contributed by atoms with van der Waals surface area (Å²) < 4.78 is 51.5. The maximum Gasteiger partial charge on any atom is 0.240 e. The molecule has 1 N–H and O–H groups in total. The van der Waals surface area contributed by atoms with Gasteiger partial charge in [-0.1, -0.05) is 50.7 Å². The lowest BCUT2D eigenvalue weighted by atomic mass is 9.96. The molecule has 1 fully saturated rings. The summed E-state index contributed by atoms with van der Waals surface area (Å²) in [5.41, 5.74) is 1.14. The number of hydrogen-bond acceptors (Lipinski definition) is 4. The van der Waals surface area contributed by atoms with Gasteiger partial charge in [0.15, 0.2) is 9.84 Å². The molecule has 0 atom stereocenters. The van der Waals surface area contributed by atoms with Crippen molar-refractivity contribution in [2.24, 2.45) is 0 Å². The molecule has 0 unspecified atom stereocenters. The van der Waals surface area contributed by atoms with Crippen LogP contribution >= 0.6 is 0 Å². The molecular formula is C23H39NO4S2. The molecule has 1 aromatic rings. The molecule has 0 bridgehead atoms. The lowest BCUT2D eigenvalue weighted by Gasteiger charge is -2.22. The standard InChI is InChI=1S/C23H39NO4S2/c1-23(2,3)29(25,26)19-11-6-4-5-8-12-20-15-17-22(18-16-20)30(27,28)24-21-13-9-7-10-14-21/h15-18,21,24H,4-14,19H2,1-3H3. The van der Waals surface area contributed by atoms with Gasteiger partial charge in [0.25, 0.3) is 0 Å². The summed E-state index contributed by atoms with van der Waals surface area (Å²) in [6.07, 6.45) is 10.9. The average molecular weight is 458 g/mol. The highest BCUT2D eigenvalue weighted by molar-refractivity contribution is 7.92. The summed E-state index contributed by atoms with van der Waals surface area (Å²) in [5.74, 6) is 0.265. The highest BCUT2D eigenvalue weighted by Crippen LogP contribution is 2.21. The second-order valence-corrected chi connectivity index (χ2v) is 14.1. The molecule has 0 aliphatic heterocycles. The van der Waals surface area contributed by atoms with Crippen molar-refractivity contribution in [2.45, 2.75) is 107 Å². The van der Waals surface area contributed by atoms with Crippen LogP contribution in [-0.4, -0.2) is 33.4 Å². The third-order valence-corrected chi connectivity index (χ3v) is 10.2. The van der Waals surface area contributed by atoms with E-state index < -0.39 is 24.6 Å². The normalized spacial score (nSPS) is 16.6. The van der Waals surface area contributed by atoms with Crippen molar-refractivity contribution in [1.29, 1.82) is 0 Å². The highest BCUT2D eigenvalue weighted by atomic mass is 32.2. The van der Waals surface area contributed by atoms with Crippen molar-refractivity contribution in [3.05, 3.63) is 29.8 Å². The Kier molecular flexibility index (Phi) is 9.37. The van der Waals surface area contributed by atoms with E-state index in [1.807, 2.05) is 12.1 Å². The van der Waals surface area contributed by atoms with Gasteiger partial charge in [0.1, 0.15) is 0 Å². The summed E-state index contributed by atoms with van der Waals surface area (Å²) in [7, 11) is -6.45. The number of nitrogens with one attached hydrogen (secondary N) is 1. The third kappa shape index (κ3) is 7.97. The van der Waals surface area contributed by atoms with Crippen molar-refractivity contribution in [3.63, 3.8) is 0 Å². The minimum Gasteiger partial charge on any atom is -0.228 e. The Hall–Kier alpha value is -0.920. The van der Waals surface area contributed by atoms with Gasteiger partial charge in [0.2, 0.25) is 10.0 Å². The molecule has 1 saturated carbocycles. The molecule has 0 spiro atoms. The zero-order valence-corrected chi connectivity index (χ0v) is 20.5. The maximum atomic E-state index is 12.6. The molecule has 1 aliphatic carbocycles. The van der Waals surface area contributed by atoms with Gasteiger partial charge in [-0.15, -0.1) is 0 Å². The van der Waals surface area contributed by atoms with Gasteiger partial charge in [-0.2, -0.15) is 0 Å². The summed E-state index contributed by atoms with van der Waals surface area (Å²) in [6, 6.07) is 7.30. The van der Waals surface area contributed by atoms with Crippen LogP contribution in [0.2, 0.25) is 0 Å². The fourth-order valence-corrected chi connectivity index (χ4v) is 6.30. The Bertz CT molecular complexity index is 847. The fourth-order valence-electron chi connectivity index (χ4n) is 3.80. The van der Waals surface area contributed by atoms with Gasteiger partial charge in [0.05, 0.1) is 15.4 Å². The van der Waals surface area contributed by atoms with Crippen LogP contribution in [0, 0.1) is 0 Å². The van der Waals surface area contributed by atoms with Gasteiger partial charge < -0.3 is 0 Å². The molecule has 1 aromatic carbocycles. The molecule has 172 valence electrons. The zero-order chi connectivity index (χ0) is 22.3. The van der Waals surface area contributed by atoms with Crippen LogP contribution in [0.3, 0.4) is 0 Å². The van der Waals surface area contributed by atoms with E-state index in [2.05, 4.69) is 4.72 Å². The van der Waals surface area contributed by atoms with Crippen molar-refractivity contribution < 1.29 is 16.8 Å². The van der Waals surface area contributed by atoms with Crippen LogP contribution in [0.1, 0.15) is 90.5 Å². The highest BCUT2D eigenvalue weighted by Gasteiger charge is 2.27. The number of rotatable bonds is 11. The molecule has 0 radical (unpaired) electrons. The van der Waals surface area contributed by atoms with E-state index in [9.17, 15) is 16.8 Å². The SMILES string of the molecule is CC(C)(C)S(=O)(=O)CCCCCCCc1ccc(S(=O)(=O)NC2CCCCC2)cc1. The van der Waals surface area contributed by atoms with Gasteiger partial charge >= 0.3 is 0 Å². The molecule has 0 saturated heterocycles. The predicted octanol–water partition coefficient (Wildman–Crippen LogP) is 5.00. The van der Waals surface area contributed by atoms with Crippen molar-refractivity contribution in [2.75, 3.05) is 5.75 Å². The van der Waals surface area contributed by atoms with E-state index in [1.165, 1.54) is 6.42 Å². The van der Waals surface area contributed by atoms with Crippen LogP contribution in [0.25, 0.3) is 0 Å². The molecular weight excluding hydrogens is 418 g/mol. The Morgan fingerprint density at radius 3 is 2.00 bits per heavy atom. The van der Waals surface area contributed by atoms with Crippen LogP contribution in [-0.2, 0) is 26.3 Å². The third-order valence-electron chi connectivity index (χ3n) is 5.97. The maximum absolute atomic E-state index is 12.6. The zero-order valence-electron chi connectivity index (χ0n) is 18.8. The van der Waals surface area contributed by atoms with Gasteiger partial charge in [-0.3, -0.25) is 0 Å². The first-order valence-corrected chi connectivity index (χ1v) is 14.5. The Morgan fingerprint density at radius 1 is 0.833 bits per heavy atom. The van der Waals surface area contributed by atoms with Gasteiger partial charge in [-0.05, 0) is 70.6 Å². The molecule has 0 heterocycles. The van der Waals surface area contributed by atoms with Crippen LogP contribution in [0.5, 0.6) is 0 Å². The lowest BCUT2D eigenvalue weighted by Crippen LogP contribution is -2.36. The van der Waals surface area contributed by atoms with Crippen LogP contribution in [0.15, 0.2) is 29.2 Å². The molecule has 0 aromatic heterocycles. The van der Waals surface area contributed by atoms with Gasteiger partial charge in [0, 0.05) is 6.04 Å².